The van der Waals surface area contributed by atoms with Gasteiger partial charge in [-0.15, -0.1) is 0 Å². The Kier molecular flexibility index (Phi) is 6.32. The summed E-state index contributed by atoms with van der Waals surface area (Å²) in [4.78, 5) is 12.0. The number of carbonyl (C=O) groups is 1. The summed E-state index contributed by atoms with van der Waals surface area (Å²) in [5, 5.41) is 8.63. The molecular formula is C14H21NO4S. The Bertz CT molecular complexity index is 535. The number of ketones is 1. The summed E-state index contributed by atoms with van der Waals surface area (Å²) >= 11 is 0. The molecule has 1 rings (SSSR count). The molecule has 0 unspecified atom stereocenters. The molecule has 0 heterocycles. The molecule has 1 aromatic carbocycles. The summed E-state index contributed by atoms with van der Waals surface area (Å²) < 4.78 is 26.2. The second kappa shape index (κ2) is 7.52. The molecule has 0 saturated carbocycles. The Balaban J connectivity index is 2.78. The lowest BCUT2D eigenvalue weighted by Crippen LogP contribution is -2.25. The minimum absolute atomic E-state index is 0.0113. The Morgan fingerprint density at radius 2 is 1.85 bits per heavy atom. The molecule has 0 aliphatic rings. The average Bonchev–Trinajstić information content (AvgIpc) is 2.38. The highest BCUT2D eigenvalue weighted by Crippen LogP contribution is 2.14. The Morgan fingerprint density at radius 3 is 2.35 bits per heavy atom. The molecular weight excluding hydrogens is 278 g/mol. The van der Waals surface area contributed by atoms with Crippen LogP contribution in [0.25, 0.3) is 0 Å². The summed E-state index contributed by atoms with van der Waals surface area (Å²) in [6.07, 6.45) is 0.811. The third-order valence-corrected chi connectivity index (χ3v) is 4.18. The average molecular weight is 299 g/mol. The molecule has 0 aromatic heterocycles. The van der Waals surface area contributed by atoms with E-state index in [0.29, 0.717) is 18.4 Å². The Morgan fingerprint density at radius 1 is 1.25 bits per heavy atom. The van der Waals surface area contributed by atoms with E-state index in [1.807, 2.05) is 13.8 Å². The van der Waals surface area contributed by atoms with Crippen molar-refractivity contribution < 1.29 is 18.3 Å². The van der Waals surface area contributed by atoms with Crippen molar-refractivity contribution in [2.24, 2.45) is 5.92 Å². The number of Topliss-reactive ketones (excluding diaryl/α,β-unsaturated/α-hetero) is 1. The molecule has 0 aliphatic carbocycles. The van der Waals surface area contributed by atoms with E-state index >= 15 is 0 Å². The summed E-state index contributed by atoms with van der Waals surface area (Å²) in [6.45, 7) is 4.04. The van der Waals surface area contributed by atoms with E-state index in [1.165, 1.54) is 24.3 Å². The topological polar surface area (TPSA) is 83.5 Å². The molecule has 0 atom stereocenters. The number of rotatable bonds is 8. The first-order chi connectivity index (χ1) is 9.36. The van der Waals surface area contributed by atoms with Gasteiger partial charge in [-0.3, -0.25) is 4.79 Å². The van der Waals surface area contributed by atoms with Crippen molar-refractivity contribution >= 4 is 15.8 Å². The maximum absolute atomic E-state index is 11.9. The first kappa shape index (κ1) is 16.8. The van der Waals surface area contributed by atoms with Gasteiger partial charge < -0.3 is 5.11 Å². The van der Waals surface area contributed by atoms with Crippen molar-refractivity contribution in [1.82, 2.24) is 4.72 Å². The van der Waals surface area contributed by atoms with Crippen LogP contribution in [0.5, 0.6) is 0 Å². The molecule has 0 spiro atoms. The zero-order valence-electron chi connectivity index (χ0n) is 11.8. The van der Waals surface area contributed by atoms with Gasteiger partial charge in [0.1, 0.15) is 0 Å². The van der Waals surface area contributed by atoms with Gasteiger partial charge in [-0.25, -0.2) is 13.1 Å². The lowest BCUT2D eigenvalue weighted by atomic mass is 10.0. The van der Waals surface area contributed by atoms with Crippen LogP contribution in [0.2, 0.25) is 0 Å². The maximum atomic E-state index is 11.9. The second-order valence-electron chi connectivity index (χ2n) is 5.02. The quantitative estimate of drug-likeness (QED) is 0.564. The van der Waals surface area contributed by atoms with Gasteiger partial charge in [-0.1, -0.05) is 26.0 Å². The van der Waals surface area contributed by atoms with Crippen LogP contribution in [-0.2, 0) is 10.0 Å². The number of nitrogens with one attached hydrogen (secondary N) is 1. The summed E-state index contributed by atoms with van der Waals surface area (Å²) in [5.74, 6) is 0.281. The van der Waals surface area contributed by atoms with Gasteiger partial charge in [-0.2, -0.15) is 0 Å². The third kappa shape index (κ3) is 5.03. The van der Waals surface area contributed by atoms with Crippen molar-refractivity contribution in [3.05, 3.63) is 29.8 Å². The van der Waals surface area contributed by atoms with E-state index in [-0.39, 0.29) is 29.7 Å². The van der Waals surface area contributed by atoms with Gasteiger partial charge in [0, 0.05) is 25.1 Å². The first-order valence-corrected chi connectivity index (χ1v) is 8.09. The van der Waals surface area contributed by atoms with Crippen LogP contribution in [0.15, 0.2) is 29.2 Å². The van der Waals surface area contributed by atoms with E-state index in [0.717, 1.165) is 0 Å². The number of aliphatic hydroxyl groups is 1. The molecule has 20 heavy (non-hydrogen) atoms. The van der Waals surface area contributed by atoms with E-state index in [4.69, 9.17) is 5.11 Å². The van der Waals surface area contributed by atoms with Gasteiger partial charge in [0.25, 0.3) is 0 Å². The summed E-state index contributed by atoms with van der Waals surface area (Å²) in [7, 11) is -3.57. The van der Waals surface area contributed by atoms with Gasteiger partial charge in [0.15, 0.2) is 5.78 Å². The first-order valence-electron chi connectivity index (χ1n) is 6.60. The lowest BCUT2D eigenvalue weighted by molar-refractivity contribution is 0.0967. The van der Waals surface area contributed by atoms with Crippen molar-refractivity contribution in [3.8, 4) is 0 Å². The zero-order valence-corrected chi connectivity index (χ0v) is 12.6. The number of carbonyl (C=O) groups excluding carboxylic acids is 1. The number of hydrogen-bond acceptors (Lipinski definition) is 4. The van der Waals surface area contributed by atoms with Crippen LogP contribution in [0.1, 0.15) is 37.0 Å². The molecule has 0 bridgehead atoms. The maximum Gasteiger partial charge on any atom is 0.240 e. The van der Waals surface area contributed by atoms with Crippen molar-refractivity contribution in [2.45, 2.75) is 31.6 Å². The number of benzene rings is 1. The van der Waals surface area contributed by atoms with Crippen LogP contribution < -0.4 is 4.72 Å². The lowest BCUT2D eigenvalue weighted by Gasteiger charge is -2.07. The fourth-order valence-electron chi connectivity index (χ4n) is 1.68. The van der Waals surface area contributed by atoms with Crippen LogP contribution in [0, 0.1) is 5.92 Å². The summed E-state index contributed by atoms with van der Waals surface area (Å²) in [6, 6.07) is 5.92. The predicted octanol–water partition coefficient (Wildman–Crippen LogP) is 1.58. The largest absolute Gasteiger partial charge is 0.396 e. The monoisotopic (exact) mass is 299 g/mol. The highest BCUT2D eigenvalue weighted by Gasteiger charge is 2.14. The normalized spacial score (nSPS) is 11.8. The molecule has 6 heteroatoms. The van der Waals surface area contributed by atoms with E-state index < -0.39 is 10.0 Å². The fraction of sp³-hybridized carbons (Fsp3) is 0.500. The molecule has 1 aromatic rings. The van der Waals surface area contributed by atoms with Crippen LogP contribution in [-0.4, -0.2) is 32.5 Å². The highest BCUT2D eigenvalue weighted by atomic mass is 32.2. The van der Waals surface area contributed by atoms with Crippen LogP contribution in [0.4, 0.5) is 0 Å². The molecule has 0 saturated heterocycles. The van der Waals surface area contributed by atoms with E-state index in [1.54, 1.807) is 0 Å². The molecule has 0 aliphatic heterocycles. The molecule has 5 nitrogen and oxygen atoms in total. The van der Waals surface area contributed by atoms with Gasteiger partial charge >= 0.3 is 0 Å². The van der Waals surface area contributed by atoms with Crippen LogP contribution in [0.3, 0.4) is 0 Å². The number of sulfonamides is 1. The highest BCUT2D eigenvalue weighted by molar-refractivity contribution is 7.89. The van der Waals surface area contributed by atoms with Gasteiger partial charge in [0.05, 0.1) is 4.90 Å². The third-order valence-electron chi connectivity index (χ3n) is 2.71. The summed E-state index contributed by atoms with van der Waals surface area (Å²) in [5.41, 5.74) is 0.521. The van der Waals surface area contributed by atoms with E-state index in [2.05, 4.69) is 4.72 Å². The minimum atomic E-state index is -3.57. The van der Waals surface area contributed by atoms with E-state index in [9.17, 15) is 13.2 Å². The SMILES string of the molecule is CC(C)CC(=O)c1ccc(S(=O)(=O)NCCCO)cc1. The standard InChI is InChI=1S/C14H21NO4S/c1-11(2)10-14(17)12-4-6-13(7-5-12)20(18,19)15-8-3-9-16/h4-7,11,15-16H,3,8-10H2,1-2H3. The smallest absolute Gasteiger partial charge is 0.240 e. The molecule has 2 N–H and O–H groups in total. The minimum Gasteiger partial charge on any atom is -0.396 e. The van der Waals surface area contributed by atoms with Crippen molar-refractivity contribution in [2.75, 3.05) is 13.2 Å². The number of hydrogen-bond donors (Lipinski definition) is 2. The molecule has 0 fully saturated rings. The molecule has 0 amide bonds. The Labute approximate surface area is 120 Å². The zero-order chi connectivity index (χ0) is 15.2. The fourth-order valence-corrected chi connectivity index (χ4v) is 2.75. The predicted molar refractivity (Wildman–Crippen MR) is 77.1 cm³/mol. The van der Waals surface area contributed by atoms with Crippen molar-refractivity contribution in [3.63, 3.8) is 0 Å². The van der Waals surface area contributed by atoms with Crippen LogP contribution >= 0.6 is 0 Å². The van der Waals surface area contributed by atoms with Crippen molar-refractivity contribution in [1.29, 1.82) is 0 Å². The molecule has 0 radical (unpaired) electrons. The molecule has 112 valence electrons. The Hall–Kier alpha value is -1.24. The van der Waals surface area contributed by atoms with Gasteiger partial charge in [-0.05, 0) is 24.5 Å². The second-order valence-corrected chi connectivity index (χ2v) is 6.79. The number of aliphatic hydroxyl groups excluding tert-OH is 1. The van der Waals surface area contributed by atoms with Gasteiger partial charge in [0.2, 0.25) is 10.0 Å².